The van der Waals surface area contributed by atoms with Crippen molar-refractivity contribution in [3.63, 3.8) is 0 Å². The lowest BCUT2D eigenvalue weighted by atomic mass is 10.2. The Hall–Kier alpha value is -2.11. The Morgan fingerprint density at radius 2 is 1.83 bits per heavy atom. The molecule has 0 atom stereocenters. The number of carbonyl (C=O) groups excluding carboxylic acids is 1. The summed E-state index contributed by atoms with van der Waals surface area (Å²) in [6, 6.07) is 12.9. The highest BCUT2D eigenvalue weighted by Crippen LogP contribution is 2.14. The van der Waals surface area contributed by atoms with Crippen molar-refractivity contribution >= 4 is 41.0 Å². The maximum atomic E-state index is 11.8. The maximum Gasteiger partial charge on any atom is 0.289 e. The number of hydrazone groups is 1. The number of halogens is 2. The van der Waals surface area contributed by atoms with Crippen LogP contribution >= 0.6 is 23.2 Å². The fourth-order valence-electron chi connectivity index (χ4n) is 2.07. The summed E-state index contributed by atoms with van der Waals surface area (Å²) in [4.78, 5) is 17.9. The van der Waals surface area contributed by atoms with E-state index in [0.29, 0.717) is 17.5 Å². The van der Waals surface area contributed by atoms with Crippen molar-refractivity contribution in [2.24, 2.45) is 5.10 Å². The number of hydrogen-bond donors (Lipinski definition) is 1. The lowest BCUT2D eigenvalue weighted by molar-refractivity contribution is 0.0950. The molecule has 1 amide bonds. The fraction of sp³-hybridized carbons (Fsp3) is 0.235. The van der Waals surface area contributed by atoms with Gasteiger partial charge in [0.25, 0.3) is 5.91 Å². The standard InChI is InChI=1S/C17H18Cl2N4O/c18-8-11-23(12-9-19)15-6-4-14(5-7-15)13-21-22-17(24)16-3-1-2-10-20-16/h1-7,10,13H,8-9,11-12H2,(H,22,24). The van der Waals surface area contributed by atoms with Gasteiger partial charge in [0.05, 0.1) is 6.21 Å². The van der Waals surface area contributed by atoms with Crippen LogP contribution in [0.3, 0.4) is 0 Å². The van der Waals surface area contributed by atoms with Crippen LogP contribution in [0.25, 0.3) is 0 Å². The molecule has 0 spiro atoms. The zero-order valence-corrected chi connectivity index (χ0v) is 14.5. The van der Waals surface area contributed by atoms with E-state index in [4.69, 9.17) is 23.2 Å². The maximum absolute atomic E-state index is 11.8. The van der Waals surface area contributed by atoms with Crippen molar-refractivity contribution < 1.29 is 4.79 Å². The molecular weight excluding hydrogens is 347 g/mol. The van der Waals surface area contributed by atoms with Crippen LogP contribution in [0.4, 0.5) is 5.69 Å². The van der Waals surface area contributed by atoms with Crippen LogP contribution in [-0.2, 0) is 0 Å². The fourth-order valence-corrected chi connectivity index (χ4v) is 2.47. The van der Waals surface area contributed by atoms with Gasteiger partial charge < -0.3 is 4.90 Å². The first-order chi connectivity index (χ1) is 11.7. The third kappa shape index (κ3) is 5.51. The van der Waals surface area contributed by atoms with E-state index in [0.717, 1.165) is 24.3 Å². The highest BCUT2D eigenvalue weighted by Gasteiger charge is 2.05. The minimum atomic E-state index is -0.348. The number of alkyl halides is 2. The molecule has 0 radical (unpaired) electrons. The second kappa shape index (κ2) is 9.90. The summed E-state index contributed by atoms with van der Waals surface area (Å²) in [6.07, 6.45) is 3.14. The molecule has 0 aliphatic rings. The minimum Gasteiger partial charge on any atom is -0.369 e. The Labute approximate surface area is 151 Å². The molecule has 0 bridgehead atoms. The Bertz CT molecular complexity index is 656. The molecular formula is C17H18Cl2N4O. The normalized spacial score (nSPS) is 10.8. The van der Waals surface area contributed by atoms with Gasteiger partial charge in [0, 0.05) is 36.7 Å². The van der Waals surface area contributed by atoms with Crippen molar-refractivity contribution in [1.29, 1.82) is 0 Å². The number of rotatable bonds is 8. The van der Waals surface area contributed by atoms with E-state index in [1.165, 1.54) is 0 Å². The number of nitrogens with zero attached hydrogens (tertiary/aromatic N) is 3. The lowest BCUT2D eigenvalue weighted by Crippen LogP contribution is -2.27. The highest BCUT2D eigenvalue weighted by atomic mass is 35.5. The monoisotopic (exact) mass is 364 g/mol. The van der Waals surface area contributed by atoms with Gasteiger partial charge in [0.1, 0.15) is 5.69 Å². The summed E-state index contributed by atoms with van der Waals surface area (Å²) < 4.78 is 0. The number of carbonyl (C=O) groups is 1. The van der Waals surface area contributed by atoms with Gasteiger partial charge in [-0.3, -0.25) is 9.78 Å². The average molecular weight is 365 g/mol. The third-order valence-corrected chi connectivity index (χ3v) is 3.58. The second-order valence-electron chi connectivity index (χ2n) is 4.87. The lowest BCUT2D eigenvalue weighted by Gasteiger charge is -2.22. The number of aromatic nitrogens is 1. The molecule has 0 unspecified atom stereocenters. The molecule has 5 nitrogen and oxygen atoms in total. The van der Waals surface area contributed by atoms with Gasteiger partial charge in [-0.25, -0.2) is 5.43 Å². The number of benzene rings is 1. The molecule has 2 rings (SSSR count). The molecule has 0 aliphatic heterocycles. The number of pyridine rings is 1. The van der Waals surface area contributed by atoms with Crippen molar-refractivity contribution in [3.05, 3.63) is 59.9 Å². The topological polar surface area (TPSA) is 57.6 Å². The molecule has 0 aliphatic carbocycles. The zero-order valence-electron chi connectivity index (χ0n) is 13.0. The molecule has 1 heterocycles. The van der Waals surface area contributed by atoms with E-state index in [1.807, 2.05) is 24.3 Å². The largest absolute Gasteiger partial charge is 0.369 e. The SMILES string of the molecule is O=C(NN=Cc1ccc(N(CCCl)CCCl)cc1)c1ccccn1. The van der Waals surface area contributed by atoms with Gasteiger partial charge in [-0.2, -0.15) is 5.10 Å². The second-order valence-corrected chi connectivity index (χ2v) is 5.63. The van der Waals surface area contributed by atoms with E-state index in [1.54, 1.807) is 30.6 Å². The summed E-state index contributed by atoms with van der Waals surface area (Å²) in [5, 5.41) is 3.94. The third-order valence-electron chi connectivity index (χ3n) is 3.24. The predicted molar refractivity (Wildman–Crippen MR) is 99.4 cm³/mol. The van der Waals surface area contributed by atoms with Crippen LogP contribution in [0.5, 0.6) is 0 Å². The Morgan fingerprint density at radius 1 is 1.12 bits per heavy atom. The molecule has 24 heavy (non-hydrogen) atoms. The van der Waals surface area contributed by atoms with Crippen molar-refractivity contribution in [2.45, 2.75) is 0 Å². The van der Waals surface area contributed by atoms with Gasteiger partial charge in [-0.05, 0) is 29.8 Å². The first-order valence-electron chi connectivity index (χ1n) is 7.46. The predicted octanol–water partition coefficient (Wildman–Crippen LogP) is 3.13. The molecule has 0 saturated heterocycles. The van der Waals surface area contributed by atoms with Crippen molar-refractivity contribution in [3.8, 4) is 0 Å². The molecule has 1 aromatic heterocycles. The molecule has 2 aromatic rings. The van der Waals surface area contributed by atoms with E-state index < -0.39 is 0 Å². The molecule has 1 N–H and O–H groups in total. The summed E-state index contributed by atoms with van der Waals surface area (Å²) in [5.41, 5.74) is 4.69. The smallest absolute Gasteiger partial charge is 0.289 e. The van der Waals surface area contributed by atoms with Crippen LogP contribution in [0.2, 0.25) is 0 Å². The summed E-state index contributed by atoms with van der Waals surface area (Å²) in [5.74, 6) is 0.734. The molecule has 126 valence electrons. The zero-order chi connectivity index (χ0) is 17.2. The van der Waals surface area contributed by atoms with Gasteiger partial charge in [0.15, 0.2) is 0 Å². The molecule has 0 saturated carbocycles. The minimum absolute atomic E-state index is 0.322. The summed E-state index contributed by atoms with van der Waals surface area (Å²) in [7, 11) is 0. The Kier molecular flexibility index (Phi) is 7.52. The molecule has 0 fully saturated rings. The van der Waals surface area contributed by atoms with Gasteiger partial charge in [0.2, 0.25) is 0 Å². The first kappa shape index (κ1) is 18.2. The van der Waals surface area contributed by atoms with Crippen molar-refractivity contribution in [2.75, 3.05) is 29.7 Å². The van der Waals surface area contributed by atoms with Gasteiger partial charge in [-0.1, -0.05) is 18.2 Å². The van der Waals surface area contributed by atoms with Crippen LogP contribution in [0, 0.1) is 0 Å². The Morgan fingerprint density at radius 3 is 2.42 bits per heavy atom. The van der Waals surface area contributed by atoms with Gasteiger partial charge >= 0.3 is 0 Å². The van der Waals surface area contributed by atoms with E-state index in [-0.39, 0.29) is 5.91 Å². The van der Waals surface area contributed by atoms with Crippen LogP contribution < -0.4 is 10.3 Å². The first-order valence-corrected chi connectivity index (χ1v) is 8.53. The van der Waals surface area contributed by atoms with Gasteiger partial charge in [-0.15, -0.1) is 23.2 Å². The summed E-state index contributed by atoms with van der Waals surface area (Å²) >= 11 is 11.6. The Balaban J connectivity index is 1.94. The highest BCUT2D eigenvalue weighted by molar-refractivity contribution is 6.18. The summed E-state index contributed by atoms with van der Waals surface area (Å²) in [6.45, 7) is 1.48. The van der Waals surface area contributed by atoms with Crippen molar-refractivity contribution in [1.82, 2.24) is 10.4 Å². The van der Waals surface area contributed by atoms with Crippen LogP contribution in [0.1, 0.15) is 16.1 Å². The molecule has 1 aromatic carbocycles. The molecule has 7 heteroatoms. The van der Waals surface area contributed by atoms with E-state index in [9.17, 15) is 4.79 Å². The van der Waals surface area contributed by atoms with E-state index in [2.05, 4.69) is 20.4 Å². The van der Waals surface area contributed by atoms with Crippen LogP contribution in [0.15, 0.2) is 53.8 Å². The number of nitrogens with one attached hydrogen (secondary N) is 1. The quantitative estimate of drug-likeness (QED) is 0.444. The van der Waals surface area contributed by atoms with E-state index >= 15 is 0 Å². The number of anilines is 1. The number of hydrogen-bond acceptors (Lipinski definition) is 4. The average Bonchev–Trinajstić information content (AvgIpc) is 2.63. The van der Waals surface area contributed by atoms with Crippen LogP contribution in [-0.4, -0.2) is 42.0 Å². The number of amides is 1.